The number of pyridine rings is 1. The Labute approximate surface area is 121 Å². The van der Waals surface area contributed by atoms with Crippen LogP contribution in [0.3, 0.4) is 0 Å². The number of hydrogen-bond donors (Lipinski definition) is 2. The summed E-state index contributed by atoms with van der Waals surface area (Å²) >= 11 is 0. The van der Waals surface area contributed by atoms with Crippen LogP contribution in [0.15, 0.2) is 30.6 Å². The van der Waals surface area contributed by atoms with Crippen LogP contribution in [0.2, 0.25) is 0 Å². The lowest BCUT2D eigenvalue weighted by Gasteiger charge is -2.34. The molecule has 0 unspecified atom stereocenters. The minimum atomic E-state index is 0.0110. The van der Waals surface area contributed by atoms with Crippen LogP contribution in [0.4, 0.5) is 11.4 Å². The van der Waals surface area contributed by atoms with Gasteiger partial charge in [-0.3, -0.25) is 4.98 Å². The number of nitrogens with one attached hydrogen (secondary N) is 1. The first kappa shape index (κ1) is 14.6. The predicted molar refractivity (Wildman–Crippen MR) is 87.9 cm³/mol. The molecule has 0 atom stereocenters. The Hall–Kier alpha value is -1.77. The molecule has 20 heavy (non-hydrogen) atoms. The van der Waals surface area contributed by atoms with Crippen molar-refractivity contribution in [3.8, 4) is 0 Å². The van der Waals surface area contributed by atoms with E-state index in [1.165, 1.54) is 0 Å². The number of fused-ring (bicyclic) bond motifs is 1. The van der Waals surface area contributed by atoms with Crippen molar-refractivity contribution in [2.24, 2.45) is 5.41 Å². The van der Waals surface area contributed by atoms with Crippen molar-refractivity contribution < 1.29 is 0 Å². The van der Waals surface area contributed by atoms with Crippen molar-refractivity contribution in [1.82, 2.24) is 4.98 Å². The molecule has 0 spiro atoms. The number of rotatable bonds is 3. The third-order valence-electron chi connectivity index (χ3n) is 3.30. The molecule has 0 saturated carbocycles. The van der Waals surface area contributed by atoms with Gasteiger partial charge in [0.1, 0.15) is 0 Å². The van der Waals surface area contributed by atoms with E-state index in [1.807, 2.05) is 24.4 Å². The molecule has 0 fully saturated rings. The van der Waals surface area contributed by atoms with Crippen molar-refractivity contribution >= 4 is 22.1 Å². The summed E-state index contributed by atoms with van der Waals surface area (Å²) in [6.45, 7) is 11.3. The highest BCUT2D eigenvalue weighted by Gasteiger charge is 2.25. The van der Waals surface area contributed by atoms with Gasteiger partial charge in [0.25, 0.3) is 0 Å². The Morgan fingerprint density at radius 3 is 2.40 bits per heavy atom. The highest BCUT2D eigenvalue weighted by atomic mass is 15.0. The van der Waals surface area contributed by atoms with E-state index in [-0.39, 0.29) is 11.0 Å². The number of aromatic nitrogens is 1. The standard InChI is InChI=1S/C17H25N3/c1-16(2,3)11-17(4,5)20-15-7-6-14(18)12-8-9-19-10-13(12)15/h6-10,20H,11,18H2,1-5H3. The molecule has 3 heteroatoms. The van der Waals surface area contributed by atoms with E-state index in [0.717, 1.165) is 28.6 Å². The number of anilines is 2. The van der Waals surface area contributed by atoms with E-state index in [1.54, 1.807) is 6.20 Å². The first-order valence-corrected chi connectivity index (χ1v) is 7.08. The fourth-order valence-electron chi connectivity index (χ4n) is 3.06. The average molecular weight is 271 g/mol. The normalized spacial score (nSPS) is 12.7. The molecule has 0 radical (unpaired) electrons. The first-order valence-electron chi connectivity index (χ1n) is 7.08. The minimum absolute atomic E-state index is 0.0110. The van der Waals surface area contributed by atoms with Crippen LogP contribution < -0.4 is 11.1 Å². The molecule has 0 aliphatic heterocycles. The van der Waals surface area contributed by atoms with Gasteiger partial charge in [-0.05, 0) is 43.9 Å². The molecule has 2 rings (SSSR count). The fourth-order valence-corrected chi connectivity index (χ4v) is 3.06. The zero-order chi connectivity index (χ0) is 15.0. The van der Waals surface area contributed by atoms with E-state index in [2.05, 4.69) is 44.9 Å². The molecule has 3 nitrogen and oxygen atoms in total. The van der Waals surface area contributed by atoms with E-state index >= 15 is 0 Å². The maximum absolute atomic E-state index is 6.04. The van der Waals surface area contributed by atoms with Crippen LogP contribution in [0.5, 0.6) is 0 Å². The molecule has 0 amide bonds. The van der Waals surface area contributed by atoms with E-state index in [9.17, 15) is 0 Å². The largest absolute Gasteiger partial charge is 0.398 e. The monoisotopic (exact) mass is 271 g/mol. The quantitative estimate of drug-likeness (QED) is 0.811. The Morgan fingerprint density at radius 1 is 1.05 bits per heavy atom. The van der Waals surface area contributed by atoms with Crippen LogP contribution >= 0.6 is 0 Å². The number of hydrogen-bond acceptors (Lipinski definition) is 3. The summed E-state index contributed by atoms with van der Waals surface area (Å²) in [5.74, 6) is 0. The van der Waals surface area contributed by atoms with Gasteiger partial charge in [-0.25, -0.2) is 0 Å². The molecular weight excluding hydrogens is 246 g/mol. The summed E-state index contributed by atoms with van der Waals surface area (Å²) in [5, 5.41) is 5.78. The Bertz CT molecular complexity index is 609. The smallest absolute Gasteiger partial charge is 0.0441 e. The van der Waals surface area contributed by atoms with Gasteiger partial charge < -0.3 is 11.1 Å². The third-order valence-corrected chi connectivity index (χ3v) is 3.30. The van der Waals surface area contributed by atoms with Gasteiger partial charge >= 0.3 is 0 Å². The van der Waals surface area contributed by atoms with Crippen molar-refractivity contribution in [3.63, 3.8) is 0 Å². The zero-order valence-corrected chi connectivity index (χ0v) is 13.1. The molecule has 108 valence electrons. The lowest BCUT2D eigenvalue weighted by molar-refractivity contribution is 0.302. The van der Waals surface area contributed by atoms with Crippen LogP contribution in [-0.2, 0) is 0 Å². The lowest BCUT2D eigenvalue weighted by atomic mass is 9.81. The highest BCUT2D eigenvalue weighted by Crippen LogP contribution is 2.33. The molecule has 0 saturated heterocycles. The third kappa shape index (κ3) is 3.41. The zero-order valence-electron chi connectivity index (χ0n) is 13.1. The Morgan fingerprint density at radius 2 is 1.75 bits per heavy atom. The molecule has 0 bridgehead atoms. The van der Waals surface area contributed by atoms with Crippen LogP contribution in [0.25, 0.3) is 10.8 Å². The number of nitrogen functional groups attached to an aromatic ring is 1. The van der Waals surface area contributed by atoms with Crippen LogP contribution in [0.1, 0.15) is 41.0 Å². The Balaban J connectivity index is 2.37. The van der Waals surface area contributed by atoms with Gasteiger partial charge in [-0.1, -0.05) is 20.8 Å². The van der Waals surface area contributed by atoms with Crippen LogP contribution in [-0.4, -0.2) is 10.5 Å². The van der Waals surface area contributed by atoms with Gasteiger partial charge in [0.05, 0.1) is 0 Å². The topological polar surface area (TPSA) is 50.9 Å². The second-order valence-electron chi connectivity index (χ2n) is 7.37. The van der Waals surface area contributed by atoms with Crippen molar-refractivity contribution in [3.05, 3.63) is 30.6 Å². The predicted octanol–water partition coefficient (Wildman–Crippen LogP) is 4.44. The molecule has 0 aliphatic rings. The lowest BCUT2D eigenvalue weighted by Crippen LogP contribution is -2.35. The summed E-state index contributed by atoms with van der Waals surface area (Å²) < 4.78 is 0. The molecule has 1 heterocycles. The van der Waals surface area contributed by atoms with E-state index < -0.39 is 0 Å². The number of nitrogens with two attached hydrogens (primary N) is 1. The van der Waals surface area contributed by atoms with Gasteiger partial charge in [0.2, 0.25) is 0 Å². The van der Waals surface area contributed by atoms with Gasteiger partial charge in [-0.15, -0.1) is 0 Å². The summed E-state index contributed by atoms with van der Waals surface area (Å²) in [7, 11) is 0. The van der Waals surface area contributed by atoms with Crippen LogP contribution in [0, 0.1) is 5.41 Å². The second kappa shape index (κ2) is 4.97. The Kier molecular flexibility index (Phi) is 3.63. The molecule has 1 aromatic carbocycles. The summed E-state index contributed by atoms with van der Waals surface area (Å²) in [4.78, 5) is 4.22. The van der Waals surface area contributed by atoms with E-state index in [0.29, 0.717) is 0 Å². The molecule has 3 N–H and O–H groups in total. The SMILES string of the molecule is CC(C)(C)CC(C)(C)Nc1ccc(N)c2ccncc12. The number of nitrogens with zero attached hydrogens (tertiary/aromatic N) is 1. The molecular formula is C17H25N3. The maximum atomic E-state index is 6.04. The molecule has 0 aliphatic carbocycles. The second-order valence-corrected chi connectivity index (χ2v) is 7.37. The molecule has 2 aromatic rings. The van der Waals surface area contributed by atoms with E-state index in [4.69, 9.17) is 5.73 Å². The van der Waals surface area contributed by atoms with Crippen molar-refractivity contribution in [1.29, 1.82) is 0 Å². The minimum Gasteiger partial charge on any atom is -0.398 e. The average Bonchev–Trinajstić information content (AvgIpc) is 2.30. The van der Waals surface area contributed by atoms with Gasteiger partial charge in [0, 0.05) is 40.1 Å². The van der Waals surface area contributed by atoms with Crippen molar-refractivity contribution in [2.75, 3.05) is 11.1 Å². The first-order chi connectivity index (χ1) is 9.18. The van der Waals surface area contributed by atoms with Crippen molar-refractivity contribution in [2.45, 2.75) is 46.6 Å². The fraction of sp³-hybridized carbons (Fsp3) is 0.471. The van der Waals surface area contributed by atoms with Gasteiger partial charge in [-0.2, -0.15) is 0 Å². The summed E-state index contributed by atoms with van der Waals surface area (Å²) in [5.41, 5.74) is 8.21. The van der Waals surface area contributed by atoms with Gasteiger partial charge in [0.15, 0.2) is 0 Å². The highest BCUT2D eigenvalue weighted by molar-refractivity contribution is 6.00. The maximum Gasteiger partial charge on any atom is 0.0441 e. The number of benzene rings is 1. The molecule has 1 aromatic heterocycles. The summed E-state index contributed by atoms with van der Waals surface area (Å²) in [6.07, 6.45) is 4.73. The summed E-state index contributed by atoms with van der Waals surface area (Å²) in [6, 6.07) is 5.97.